The van der Waals surface area contributed by atoms with Crippen molar-refractivity contribution in [2.24, 2.45) is 5.92 Å². The van der Waals surface area contributed by atoms with Crippen molar-refractivity contribution in [3.8, 4) is 0 Å². The van der Waals surface area contributed by atoms with Crippen LogP contribution in [0.4, 0.5) is 4.79 Å². The van der Waals surface area contributed by atoms with Gasteiger partial charge in [0.15, 0.2) is 0 Å². The second kappa shape index (κ2) is 21.7. The maximum Gasteiger partial charge on any atom is 0.408 e. The zero-order chi connectivity index (χ0) is 49.9. The number of carbonyl (C=O) groups excluding carboxylic acids is 3. The van der Waals surface area contributed by atoms with Crippen LogP contribution in [-0.4, -0.2) is 126 Å². The Labute approximate surface area is 404 Å². The molecule has 3 aromatic rings. The van der Waals surface area contributed by atoms with Crippen LogP contribution in [-0.2, 0) is 23.8 Å². The molecule has 0 saturated carbocycles. The van der Waals surface area contributed by atoms with Crippen LogP contribution in [0.15, 0.2) is 30.8 Å². The second-order valence-electron chi connectivity index (χ2n) is 19.8. The van der Waals surface area contributed by atoms with Crippen molar-refractivity contribution in [1.82, 2.24) is 30.2 Å². The summed E-state index contributed by atoms with van der Waals surface area (Å²) in [6.45, 7) is 25.5. The monoisotopic (exact) mass is 957 g/mol. The van der Waals surface area contributed by atoms with Crippen LogP contribution in [0.3, 0.4) is 0 Å². The number of amides is 2. The lowest BCUT2D eigenvalue weighted by atomic mass is 9.86. The number of hydrogen-bond acceptors (Lipinski definition) is 12. The lowest BCUT2D eigenvalue weighted by molar-refractivity contribution is -0.211. The van der Waals surface area contributed by atoms with E-state index in [1.807, 2.05) is 6.08 Å². The van der Waals surface area contributed by atoms with Gasteiger partial charge in [-0.3, -0.25) is 9.78 Å². The highest BCUT2D eigenvalue weighted by molar-refractivity contribution is 7.99. The van der Waals surface area contributed by atoms with Gasteiger partial charge in [-0.25, -0.2) is 14.6 Å². The van der Waals surface area contributed by atoms with Crippen LogP contribution in [0.5, 0.6) is 0 Å². The third-order valence-electron chi connectivity index (χ3n) is 13.3. The van der Waals surface area contributed by atoms with E-state index in [4.69, 9.17) is 24.2 Å². The molecule has 3 aromatic heterocycles. The topological polar surface area (TPSA) is 212 Å². The van der Waals surface area contributed by atoms with Crippen LogP contribution in [0.25, 0.3) is 39.3 Å². The number of nitrogens with one attached hydrogen (secondary N) is 3. The summed E-state index contributed by atoms with van der Waals surface area (Å²) in [4.78, 5) is 58.7. The van der Waals surface area contributed by atoms with E-state index in [1.165, 1.54) is 17.3 Å². The lowest BCUT2D eigenvalue weighted by Crippen LogP contribution is -2.58. The van der Waals surface area contributed by atoms with Gasteiger partial charge in [0.25, 0.3) is 0 Å². The highest BCUT2D eigenvalue weighted by Gasteiger charge is 2.45. The van der Waals surface area contributed by atoms with Gasteiger partial charge in [0.1, 0.15) is 48.1 Å². The number of aryl methyl sites for hydroxylation is 3. The Hall–Kier alpha value is -5.00. The Morgan fingerprint density at radius 3 is 2.29 bits per heavy atom. The quantitative estimate of drug-likeness (QED) is 0.0627. The highest BCUT2D eigenvalue weighted by Crippen LogP contribution is 2.42. The number of ether oxygens (including phenoxy) is 3. The summed E-state index contributed by atoms with van der Waals surface area (Å²) in [5.74, 6) is -0.638. The molecule has 8 atom stereocenters. The number of hydrogen-bond donors (Lipinski definition) is 6. The number of allylic oxidation sites excluding steroid dienone is 2. The summed E-state index contributed by atoms with van der Waals surface area (Å²) in [5, 5.41) is 34.8. The Kier molecular flexibility index (Phi) is 16.7. The van der Waals surface area contributed by atoms with E-state index in [2.05, 4.69) is 87.7 Å². The molecule has 1 saturated heterocycles. The molecule has 3 aliphatic rings. The van der Waals surface area contributed by atoms with Crippen molar-refractivity contribution < 1.29 is 43.9 Å². The number of aliphatic hydroxyl groups is 3. The standard InChI is InChI=1S/C52H72N6O9S/c1-14-32-29(7)38-24-41-33(15-2)28(6)37(54-41)23-39-30(8)34(45(56-39)31(9)36-21-27(5)35(53-36)22-40(32)55-38)17-18-43(59)58(13)19-16-20-68-50-48(62)47(61)46(60)42(66-50)25-65-49(63)44(26(3)4)57-51(64)67-52(10,11)12/h15,21-24,26,30,34,42,44,46-48,50,53-54,60-62H,2,14,16-20,25H2,1,3-13H3,(H,57,64)/t30-,34-,42+,44-,46+,47-,48+,50-/m0/s1. The average Bonchev–Trinajstić information content (AvgIpc) is 3.98. The van der Waals surface area contributed by atoms with Gasteiger partial charge in [0.2, 0.25) is 5.91 Å². The Morgan fingerprint density at radius 1 is 0.956 bits per heavy atom. The molecule has 2 amide bonds. The molecule has 0 spiro atoms. The summed E-state index contributed by atoms with van der Waals surface area (Å²) in [7, 11) is 1.78. The summed E-state index contributed by atoms with van der Waals surface area (Å²) in [6, 6.07) is 7.53. The summed E-state index contributed by atoms with van der Waals surface area (Å²) < 4.78 is 16.7. The average molecular weight is 957 g/mol. The van der Waals surface area contributed by atoms with Crippen LogP contribution in [0.2, 0.25) is 0 Å². The Morgan fingerprint density at radius 2 is 1.63 bits per heavy atom. The fourth-order valence-corrected chi connectivity index (χ4v) is 10.3. The first-order valence-corrected chi connectivity index (χ1v) is 24.8. The van der Waals surface area contributed by atoms with Gasteiger partial charge in [0, 0.05) is 70.9 Å². The minimum Gasteiger partial charge on any atom is -0.461 e. The molecule has 370 valence electrons. The first-order valence-electron chi connectivity index (χ1n) is 23.8. The molecule has 0 radical (unpaired) electrons. The normalized spacial score (nSPS) is 22.3. The number of esters is 1. The minimum atomic E-state index is -1.55. The lowest BCUT2D eigenvalue weighted by Gasteiger charge is -2.40. The smallest absolute Gasteiger partial charge is 0.408 e. The third kappa shape index (κ3) is 11.7. The van der Waals surface area contributed by atoms with Gasteiger partial charge in [0.05, 0.1) is 11.4 Å². The largest absolute Gasteiger partial charge is 0.461 e. The van der Waals surface area contributed by atoms with Gasteiger partial charge in [-0.15, -0.1) is 11.8 Å². The predicted molar refractivity (Wildman–Crippen MR) is 269 cm³/mol. The number of rotatable bonds is 15. The fourth-order valence-electron chi connectivity index (χ4n) is 9.15. The van der Waals surface area contributed by atoms with Crippen LogP contribution in [0.1, 0.15) is 138 Å². The van der Waals surface area contributed by atoms with Gasteiger partial charge < -0.3 is 49.7 Å². The zero-order valence-corrected chi connectivity index (χ0v) is 42.6. The van der Waals surface area contributed by atoms with Crippen molar-refractivity contribution in [2.45, 2.75) is 155 Å². The number of aliphatic hydroxyl groups excluding tert-OH is 3. The van der Waals surface area contributed by atoms with E-state index in [-0.39, 0.29) is 23.7 Å². The number of aromatic amines is 2. The van der Waals surface area contributed by atoms with Crippen molar-refractivity contribution >= 4 is 69.0 Å². The molecular formula is C52H72N6O9S. The van der Waals surface area contributed by atoms with E-state index < -0.39 is 60.2 Å². The molecule has 6 heterocycles. The van der Waals surface area contributed by atoms with E-state index in [0.29, 0.717) is 31.6 Å². The summed E-state index contributed by atoms with van der Waals surface area (Å²) in [5.41, 5.74) is 12.5. The van der Waals surface area contributed by atoms with Crippen molar-refractivity contribution in [3.05, 3.63) is 75.9 Å². The van der Waals surface area contributed by atoms with Gasteiger partial charge >= 0.3 is 12.1 Å². The maximum atomic E-state index is 13.8. The first kappa shape index (κ1) is 52.4. The first-order chi connectivity index (χ1) is 32.0. The molecule has 0 unspecified atom stereocenters. The number of H-pyrrole nitrogens is 2. The minimum absolute atomic E-state index is 0.00251. The Bertz CT molecular complexity index is 2580. The molecule has 0 aromatic carbocycles. The van der Waals surface area contributed by atoms with Crippen LogP contribution in [0, 0.1) is 26.7 Å². The molecule has 6 N–H and O–H groups in total. The molecule has 0 aliphatic carbocycles. The third-order valence-corrected chi connectivity index (χ3v) is 14.6. The number of fused-ring (bicyclic) bond motifs is 8. The molecule has 3 aliphatic heterocycles. The summed E-state index contributed by atoms with van der Waals surface area (Å²) >= 11 is 1.24. The van der Waals surface area contributed by atoms with Crippen molar-refractivity contribution in [3.63, 3.8) is 0 Å². The molecule has 16 heteroatoms. The summed E-state index contributed by atoms with van der Waals surface area (Å²) in [6.07, 6.45) is -2.20. The van der Waals surface area contributed by atoms with Gasteiger partial charge in [-0.1, -0.05) is 40.3 Å². The van der Waals surface area contributed by atoms with Crippen molar-refractivity contribution in [2.75, 3.05) is 26.0 Å². The molecular weight excluding hydrogens is 885 g/mol. The zero-order valence-electron chi connectivity index (χ0n) is 41.8. The van der Waals surface area contributed by atoms with Gasteiger partial charge in [-0.05, 0) is 132 Å². The van der Waals surface area contributed by atoms with E-state index in [9.17, 15) is 29.7 Å². The number of carbonyl (C=O) groups is 3. The van der Waals surface area contributed by atoms with E-state index in [1.54, 1.807) is 46.6 Å². The molecule has 68 heavy (non-hydrogen) atoms. The van der Waals surface area contributed by atoms with E-state index in [0.717, 1.165) is 79.1 Å². The molecule has 15 nitrogen and oxygen atoms in total. The fraction of sp³-hybridized carbons (Fsp3) is 0.558. The maximum absolute atomic E-state index is 13.8. The highest BCUT2D eigenvalue weighted by atomic mass is 32.2. The second-order valence-corrected chi connectivity index (χ2v) is 21.0. The predicted octanol–water partition coefficient (Wildman–Crippen LogP) is 8.37. The SMILES string of the molecule is C=Cc1c(C)c2cc3nc(c(C)c4cc(C)c(cc5nc(cc1[nH]2)C(C)=C5CC)[nH]4)[C@@H](CCC(=O)N(C)CCCS[C@@H]1O[C@H](COC(=O)[C@@H](NC(=O)OC(C)(C)C)C(C)C)[C@@H](O)[C@H](O)[C@H]1O)[C@@H]3C. The molecule has 8 bridgehead atoms. The number of nitrogens with zero attached hydrogens (tertiary/aromatic N) is 3. The van der Waals surface area contributed by atoms with E-state index >= 15 is 0 Å². The number of alkyl carbamates (subject to hydrolysis) is 1. The molecule has 1 fully saturated rings. The van der Waals surface area contributed by atoms with Crippen LogP contribution >= 0.6 is 11.8 Å². The number of thioether (sulfide) groups is 1. The van der Waals surface area contributed by atoms with Crippen LogP contribution < -0.4 is 5.32 Å². The van der Waals surface area contributed by atoms with Gasteiger partial charge in [-0.2, -0.15) is 0 Å². The number of aromatic nitrogens is 4. The van der Waals surface area contributed by atoms with Crippen molar-refractivity contribution in [1.29, 1.82) is 0 Å². The Balaban J connectivity index is 1.12. The molecule has 6 rings (SSSR count).